The molecule has 6 heteroatoms. The van der Waals surface area contributed by atoms with E-state index in [1.165, 1.54) is 11.0 Å². The molecule has 0 unspecified atom stereocenters. The zero-order valence-corrected chi connectivity index (χ0v) is 11.7. The van der Waals surface area contributed by atoms with Crippen molar-refractivity contribution < 1.29 is 14.3 Å². The summed E-state index contributed by atoms with van der Waals surface area (Å²) < 4.78 is 13.8. The van der Waals surface area contributed by atoms with Gasteiger partial charge < -0.3 is 14.9 Å². The number of carbonyl (C=O) groups is 1. The van der Waals surface area contributed by atoms with Crippen molar-refractivity contribution in [1.29, 1.82) is 0 Å². The maximum atomic E-state index is 13.8. The van der Waals surface area contributed by atoms with Gasteiger partial charge in [-0.15, -0.1) is 0 Å². The van der Waals surface area contributed by atoms with E-state index in [2.05, 4.69) is 4.98 Å². The Morgan fingerprint density at radius 1 is 1.48 bits per heavy atom. The molecule has 0 radical (unpaired) electrons. The summed E-state index contributed by atoms with van der Waals surface area (Å²) in [5, 5.41) is 9.78. The summed E-state index contributed by atoms with van der Waals surface area (Å²) in [5.41, 5.74) is 1.21. The second-order valence-electron chi connectivity index (χ2n) is 5.25. The van der Waals surface area contributed by atoms with Gasteiger partial charge >= 0.3 is 6.09 Å². The molecule has 1 aliphatic heterocycles. The Morgan fingerprint density at radius 2 is 2.29 bits per heavy atom. The van der Waals surface area contributed by atoms with Gasteiger partial charge in [0.1, 0.15) is 11.3 Å². The Labute approximate surface area is 121 Å². The Hall–Kier alpha value is -2.37. The minimum Gasteiger partial charge on any atom is -0.465 e. The molecule has 5 nitrogen and oxygen atoms in total. The molecule has 0 saturated carbocycles. The third-order valence-electron chi connectivity index (χ3n) is 4.06. The molecular formula is C15H16FN3O2. The fourth-order valence-electron chi connectivity index (χ4n) is 2.86. The lowest BCUT2D eigenvalue weighted by Crippen LogP contribution is -2.36. The summed E-state index contributed by atoms with van der Waals surface area (Å²) >= 11 is 0. The summed E-state index contributed by atoms with van der Waals surface area (Å²) in [4.78, 5) is 18.5. The van der Waals surface area contributed by atoms with Gasteiger partial charge in [0, 0.05) is 43.4 Å². The first-order chi connectivity index (χ1) is 10.1. The van der Waals surface area contributed by atoms with Gasteiger partial charge in [0.25, 0.3) is 0 Å². The maximum absolute atomic E-state index is 13.8. The number of carboxylic acid groups (broad SMARTS) is 1. The van der Waals surface area contributed by atoms with Crippen LogP contribution in [0.3, 0.4) is 0 Å². The van der Waals surface area contributed by atoms with Crippen LogP contribution in [0.25, 0.3) is 10.9 Å². The number of aromatic nitrogens is 1. The molecule has 1 aromatic carbocycles. The van der Waals surface area contributed by atoms with E-state index >= 15 is 0 Å². The van der Waals surface area contributed by atoms with Crippen LogP contribution in [0.4, 0.5) is 14.9 Å². The first-order valence-electron chi connectivity index (χ1n) is 6.82. The van der Waals surface area contributed by atoms with Gasteiger partial charge in [-0.25, -0.2) is 9.18 Å². The lowest BCUT2D eigenvalue weighted by Gasteiger charge is -2.27. The average Bonchev–Trinajstić information content (AvgIpc) is 2.97. The Kier molecular flexibility index (Phi) is 3.37. The van der Waals surface area contributed by atoms with Crippen LogP contribution in [0.15, 0.2) is 30.5 Å². The summed E-state index contributed by atoms with van der Waals surface area (Å²) in [6, 6.07) is 6.83. The van der Waals surface area contributed by atoms with E-state index in [4.69, 9.17) is 5.11 Å². The van der Waals surface area contributed by atoms with Crippen LogP contribution in [-0.4, -0.2) is 47.3 Å². The Bertz CT molecular complexity index is 692. The highest BCUT2D eigenvalue weighted by molar-refractivity contribution is 5.92. The first-order valence-corrected chi connectivity index (χ1v) is 6.82. The molecule has 0 bridgehead atoms. The normalized spacial score (nSPS) is 18.2. The second-order valence-corrected chi connectivity index (χ2v) is 5.25. The van der Waals surface area contributed by atoms with E-state index in [0.29, 0.717) is 18.6 Å². The Balaban J connectivity index is 1.94. The van der Waals surface area contributed by atoms with Crippen LogP contribution in [-0.2, 0) is 0 Å². The van der Waals surface area contributed by atoms with E-state index in [-0.39, 0.29) is 11.9 Å². The summed E-state index contributed by atoms with van der Waals surface area (Å²) in [7, 11) is 1.91. The zero-order chi connectivity index (χ0) is 15.0. The minimum absolute atomic E-state index is 0.0926. The highest BCUT2D eigenvalue weighted by Gasteiger charge is 2.29. The molecule has 2 heterocycles. The molecule has 1 amide bonds. The van der Waals surface area contributed by atoms with Crippen LogP contribution >= 0.6 is 0 Å². The number of likely N-dealkylation sites (N-methyl/N-ethyl adjacent to an activating group) is 1. The van der Waals surface area contributed by atoms with Gasteiger partial charge in [0.05, 0.1) is 0 Å². The predicted octanol–water partition coefficient (Wildman–Crippen LogP) is 2.56. The number of amides is 1. The van der Waals surface area contributed by atoms with Gasteiger partial charge in [-0.3, -0.25) is 4.98 Å². The van der Waals surface area contributed by atoms with Gasteiger partial charge in [-0.05, 0) is 30.7 Å². The lowest BCUT2D eigenvalue weighted by atomic mass is 10.1. The topological polar surface area (TPSA) is 56.7 Å². The maximum Gasteiger partial charge on any atom is 0.407 e. The molecule has 3 rings (SSSR count). The minimum atomic E-state index is -0.892. The van der Waals surface area contributed by atoms with Gasteiger partial charge in [0.15, 0.2) is 0 Å². The molecule has 21 heavy (non-hydrogen) atoms. The molecule has 1 aromatic heterocycles. The highest BCUT2D eigenvalue weighted by atomic mass is 19.1. The summed E-state index contributed by atoms with van der Waals surface area (Å²) in [6.45, 7) is 0.993. The Morgan fingerprint density at radius 3 is 3.00 bits per heavy atom. The van der Waals surface area contributed by atoms with Crippen molar-refractivity contribution >= 4 is 22.7 Å². The molecule has 1 aliphatic rings. The third kappa shape index (κ3) is 2.37. The molecule has 1 atom stereocenters. The predicted molar refractivity (Wildman–Crippen MR) is 78.1 cm³/mol. The standard InChI is InChI=1S/C15H16FN3O2/c1-18(10-6-8-19(9-10)15(20)21)13-5-4-12(16)14-11(13)3-2-7-17-14/h2-5,7,10H,6,8-9H2,1H3,(H,20,21)/t10-/m0/s1. The number of rotatable bonds is 2. The number of hydrogen-bond acceptors (Lipinski definition) is 3. The smallest absolute Gasteiger partial charge is 0.407 e. The average molecular weight is 289 g/mol. The molecule has 0 aliphatic carbocycles. The summed E-state index contributed by atoms with van der Waals surface area (Å²) in [6.07, 6.45) is 1.44. The molecule has 1 fully saturated rings. The van der Waals surface area contributed by atoms with Crippen LogP contribution in [0, 0.1) is 5.82 Å². The molecule has 1 saturated heterocycles. The number of likely N-dealkylation sites (tertiary alicyclic amines) is 1. The van der Waals surface area contributed by atoms with Crippen molar-refractivity contribution in [3.05, 3.63) is 36.3 Å². The van der Waals surface area contributed by atoms with E-state index in [9.17, 15) is 9.18 Å². The van der Waals surface area contributed by atoms with Gasteiger partial charge in [-0.1, -0.05) is 0 Å². The molecule has 0 spiro atoms. The number of nitrogens with zero attached hydrogens (tertiary/aromatic N) is 3. The summed E-state index contributed by atoms with van der Waals surface area (Å²) in [5.74, 6) is -0.346. The fourth-order valence-corrected chi connectivity index (χ4v) is 2.86. The molecule has 110 valence electrons. The van der Waals surface area contributed by atoms with Crippen molar-refractivity contribution in [1.82, 2.24) is 9.88 Å². The number of benzene rings is 1. The lowest BCUT2D eigenvalue weighted by molar-refractivity contribution is 0.155. The number of hydrogen-bond donors (Lipinski definition) is 1. The van der Waals surface area contributed by atoms with Crippen molar-refractivity contribution in [3.63, 3.8) is 0 Å². The van der Waals surface area contributed by atoms with Crippen LogP contribution in [0.5, 0.6) is 0 Å². The monoisotopic (exact) mass is 289 g/mol. The number of pyridine rings is 1. The highest BCUT2D eigenvalue weighted by Crippen LogP contribution is 2.29. The van der Waals surface area contributed by atoms with Crippen molar-refractivity contribution in [3.8, 4) is 0 Å². The van der Waals surface area contributed by atoms with Crippen molar-refractivity contribution in [2.75, 3.05) is 25.0 Å². The van der Waals surface area contributed by atoms with Crippen molar-refractivity contribution in [2.45, 2.75) is 12.5 Å². The third-order valence-corrected chi connectivity index (χ3v) is 4.06. The van der Waals surface area contributed by atoms with Gasteiger partial charge in [-0.2, -0.15) is 0 Å². The SMILES string of the molecule is CN(c1ccc(F)c2ncccc12)[C@H]1CCN(C(=O)O)C1. The first kappa shape index (κ1) is 13.6. The van der Waals surface area contributed by atoms with Crippen LogP contribution in [0.1, 0.15) is 6.42 Å². The van der Waals surface area contributed by atoms with E-state index in [0.717, 1.165) is 17.5 Å². The largest absolute Gasteiger partial charge is 0.465 e. The van der Waals surface area contributed by atoms with E-state index in [1.807, 2.05) is 18.0 Å². The number of fused-ring (bicyclic) bond motifs is 1. The molecule has 1 N–H and O–H groups in total. The van der Waals surface area contributed by atoms with Gasteiger partial charge in [0.2, 0.25) is 0 Å². The number of anilines is 1. The zero-order valence-electron chi connectivity index (χ0n) is 11.7. The second kappa shape index (κ2) is 5.20. The van der Waals surface area contributed by atoms with Crippen molar-refractivity contribution in [2.24, 2.45) is 0 Å². The van der Waals surface area contributed by atoms with Crippen LogP contribution < -0.4 is 4.90 Å². The van der Waals surface area contributed by atoms with E-state index < -0.39 is 6.09 Å². The van der Waals surface area contributed by atoms with Crippen LogP contribution in [0.2, 0.25) is 0 Å². The fraction of sp³-hybridized carbons (Fsp3) is 0.333. The van der Waals surface area contributed by atoms with E-state index in [1.54, 1.807) is 18.3 Å². The number of halogens is 1. The molecular weight excluding hydrogens is 273 g/mol. The molecule has 2 aromatic rings. The quantitative estimate of drug-likeness (QED) is 0.923.